The van der Waals surface area contributed by atoms with Gasteiger partial charge in [-0.25, -0.2) is 0 Å². The molecule has 0 radical (unpaired) electrons. The highest BCUT2D eigenvalue weighted by Gasteiger charge is 2.40. The molecule has 2 nitrogen and oxygen atoms in total. The Morgan fingerprint density at radius 2 is 2.00 bits per heavy atom. The van der Waals surface area contributed by atoms with Crippen LogP contribution in [0.15, 0.2) is 0 Å². The predicted molar refractivity (Wildman–Crippen MR) is 60.4 cm³/mol. The Hall–Kier alpha value is -0.0800. The molecule has 82 valence electrons. The van der Waals surface area contributed by atoms with Gasteiger partial charge in [0.05, 0.1) is 0 Å². The van der Waals surface area contributed by atoms with Crippen molar-refractivity contribution >= 4 is 0 Å². The topological polar surface area (TPSA) is 15.3 Å². The zero-order valence-electron chi connectivity index (χ0n) is 9.68. The van der Waals surface area contributed by atoms with E-state index in [0.29, 0.717) is 5.41 Å². The van der Waals surface area contributed by atoms with Crippen molar-refractivity contribution in [2.75, 3.05) is 32.7 Å². The van der Waals surface area contributed by atoms with Crippen LogP contribution in [-0.2, 0) is 0 Å². The van der Waals surface area contributed by atoms with Crippen molar-refractivity contribution in [3.05, 3.63) is 0 Å². The number of nitrogens with zero attached hydrogens (tertiary/aromatic N) is 1. The largest absolute Gasteiger partial charge is 0.316 e. The lowest BCUT2D eigenvalue weighted by molar-refractivity contribution is -0.0143. The fraction of sp³-hybridized carbons (Fsp3) is 1.00. The van der Waals surface area contributed by atoms with Crippen molar-refractivity contribution in [1.29, 1.82) is 0 Å². The Morgan fingerprint density at radius 1 is 1.29 bits per heavy atom. The van der Waals surface area contributed by atoms with Crippen LogP contribution in [-0.4, -0.2) is 37.6 Å². The van der Waals surface area contributed by atoms with Crippen molar-refractivity contribution in [2.45, 2.75) is 33.1 Å². The third-order valence-corrected chi connectivity index (χ3v) is 4.30. The van der Waals surface area contributed by atoms with E-state index in [9.17, 15) is 0 Å². The Kier molecular flexibility index (Phi) is 3.13. The van der Waals surface area contributed by atoms with Gasteiger partial charge in [-0.15, -0.1) is 0 Å². The molecule has 14 heavy (non-hydrogen) atoms. The molecule has 2 heterocycles. The fourth-order valence-electron chi connectivity index (χ4n) is 2.96. The van der Waals surface area contributed by atoms with Gasteiger partial charge in [0.15, 0.2) is 0 Å². The van der Waals surface area contributed by atoms with E-state index in [2.05, 4.69) is 24.1 Å². The maximum atomic E-state index is 3.45. The lowest BCUT2D eigenvalue weighted by atomic mass is 9.75. The van der Waals surface area contributed by atoms with Crippen molar-refractivity contribution in [3.8, 4) is 0 Å². The lowest BCUT2D eigenvalue weighted by Crippen LogP contribution is -2.56. The summed E-state index contributed by atoms with van der Waals surface area (Å²) in [5.41, 5.74) is 0.687. The van der Waals surface area contributed by atoms with Crippen LogP contribution in [0.4, 0.5) is 0 Å². The highest BCUT2D eigenvalue weighted by Crippen LogP contribution is 2.37. The van der Waals surface area contributed by atoms with Crippen LogP contribution in [0.3, 0.4) is 0 Å². The van der Waals surface area contributed by atoms with Crippen molar-refractivity contribution in [2.24, 2.45) is 11.3 Å². The van der Waals surface area contributed by atoms with Gasteiger partial charge in [0, 0.05) is 19.6 Å². The second-order valence-corrected chi connectivity index (χ2v) is 5.24. The molecule has 1 atom stereocenters. The maximum Gasteiger partial charge on any atom is 0.00504 e. The zero-order chi connectivity index (χ0) is 10.0. The molecule has 2 aliphatic heterocycles. The number of likely N-dealkylation sites (tertiary alicyclic amines) is 1. The lowest BCUT2D eigenvalue weighted by Gasteiger charge is -2.50. The molecule has 2 rings (SSSR count). The molecule has 0 amide bonds. The molecular weight excluding hydrogens is 172 g/mol. The molecule has 2 aliphatic rings. The van der Waals surface area contributed by atoms with E-state index < -0.39 is 0 Å². The molecule has 0 aliphatic carbocycles. The van der Waals surface area contributed by atoms with Gasteiger partial charge >= 0.3 is 0 Å². The minimum Gasteiger partial charge on any atom is -0.316 e. The smallest absolute Gasteiger partial charge is 0.00504 e. The average molecular weight is 196 g/mol. The van der Waals surface area contributed by atoms with Gasteiger partial charge in [0.1, 0.15) is 0 Å². The average Bonchev–Trinajstić information content (AvgIpc) is 2.63. The predicted octanol–water partition coefficient (Wildman–Crippen LogP) is 1.72. The van der Waals surface area contributed by atoms with E-state index in [4.69, 9.17) is 0 Å². The normalized spacial score (nSPS) is 31.7. The highest BCUT2D eigenvalue weighted by molar-refractivity contribution is 4.94. The van der Waals surface area contributed by atoms with Gasteiger partial charge in [0.2, 0.25) is 0 Å². The first kappa shape index (κ1) is 10.4. The van der Waals surface area contributed by atoms with Crippen LogP contribution in [0, 0.1) is 11.3 Å². The quantitative estimate of drug-likeness (QED) is 0.736. The summed E-state index contributed by atoms with van der Waals surface area (Å²) in [7, 11) is 0. The van der Waals surface area contributed by atoms with Crippen LogP contribution in [0.25, 0.3) is 0 Å². The molecule has 2 heteroatoms. The number of rotatable bonds is 4. The minimum atomic E-state index is 0.687. The van der Waals surface area contributed by atoms with Crippen LogP contribution in [0.2, 0.25) is 0 Å². The highest BCUT2D eigenvalue weighted by atomic mass is 15.2. The number of nitrogens with one attached hydrogen (secondary N) is 1. The van der Waals surface area contributed by atoms with Crippen LogP contribution >= 0.6 is 0 Å². The summed E-state index contributed by atoms with van der Waals surface area (Å²) in [6, 6.07) is 0. The second-order valence-electron chi connectivity index (χ2n) is 5.24. The van der Waals surface area contributed by atoms with E-state index in [1.807, 2.05) is 0 Å². The Morgan fingerprint density at radius 3 is 2.50 bits per heavy atom. The molecule has 2 saturated heterocycles. The fourth-order valence-corrected chi connectivity index (χ4v) is 2.96. The minimum absolute atomic E-state index is 0.687. The third kappa shape index (κ3) is 1.96. The molecule has 0 bridgehead atoms. The summed E-state index contributed by atoms with van der Waals surface area (Å²) in [5.74, 6) is 0.932. The van der Waals surface area contributed by atoms with E-state index in [-0.39, 0.29) is 0 Å². The van der Waals surface area contributed by atoms with Gasteiger partial charge < -0.3 is 10.2 Å². The monoisotopic (exact) mass is 196 g/mol. The molecule has 0 aromatic rings. The Bertz CT molecular complexity index is 170. The van der Waals surface area contributed by atoms with Crippen molar-refractivity contribution in [3.63, 3.8) is 0 Å². The standard InChI is InChI=1S/C12H24N2/c1-3-12(4-2)9-14(10-12)8-11-5-6-13-7-11/h11,13H,3-10H2,1-2H3. The summed E-state index contributed by atoms with van der Waals surface area (Å²) in [6.07, 6.45) is 4.12. The maximum absolute atomic E-state index is 3.45. The van der Waals surface area contributed by atoms with Crippen molar-refractivity contribution in [1.82, 2.24) is 10.2 Å². The molecule has 2 fully saturated rings. The molecular formula is C12H24N2. The van der Waals surface area contributed by atoms with Crippen molar-refractivity contribution < 1.29 is 0 Å². The molecule has 0 aromatic carbocycles. The Labute approximate surface area is 88.1 Å². The third-order valence-electron chi connectivity index (χ3n) is 4.30. The first-order chi connectivity index (χ1) is 6.78. The first-order valence-corrected chi connectivity index (χ1v) is 6.21. The van der Waals surface area contributed by atoms with Gasteiger partial charge in [0.25, 0.3) is 0 Å². The SMILES string of the molecule is CCC1(CC)CN(CC2CCNC2)C1. The summed E-state index contributed by atoms with van der Waals surface area (Å²) in [5, 5.41) is 3.45. The summed E-state index contributed by atoms with van der Waals surface area (Å²) in [6.45, 7) is 11.2. The molecule has 1 unspecified atom stereocenters. The van der Waals surface area contributed by atoms with E-state index in [0.717, 1.165) is 5.92 Å². The molecule has 0 saturated carbocycles. The molecule has 0 aromatic heterocycles. The van der Waals surface area contributed by atoms with Gasteiger partial charge in [-0.05, 0) is 43.7 Å². The van der Waals surface area contributed by atoms with Crippen LogP contribution in [0.1, 0.15) is 33.1 Å². The van der Waals surface area contributed by atoms with E-state index in [1.54, 1.807) is 0 Å². The van der Waals surface area contributed by atoms with Crippen LogP contribution in [0.5, 0.6) is 0 Å². The molecule has 0 spiro atoms. The van der Waals surface area contributed by atoms with E-state index >= 15 is 0 Å². The summed E-state index contributed by atoms with van der Waals surface area (Å²) < 4.78 is 0. The van der Waals surface area contributed by atoms with Crippen LogP contribution < -0.4 is 5.32 Å². The van der Waals surface area contributed by atoms with Gasteiger partial charge in [-0.1, -0.05) is 13.8 Å². The summed E-state index contributed by atoms with van der Waals surface area (Å²) >= 11 is 0. The van der Waals surface area contributed by atoms with E-state index in [1.165, 1.54) is 52.0 Å². The second kappa shape index (κ2) is 4.19. The molecule has 1 N–H and O–H groups in total. The zero-order valence-corrected chi connectivity index (χ0v) is 9.68. The Balaban J connectivity index is 1.71. The van der Waals surface area contributed by atoms with Gasteiger partial charge in [-0.2, -0.15) is 0 Å². The number of hydrogen-bond acceptors (Lipinski definition) is 2. The van der Waals surface area contributed by atoms with Gasteiger partial charge in [-0.3, -0.25) is 0 Å². The number of hydrogen-bond donors (Lipinski definition) is 1. The summed E-state index contributed by atoms with van der Waals surface area (Å²) in [4.78, 5) is 2.66. The first-order valence-electron chi connectivity index (χ1n) is 6.21.